The van der Waals surface area contributed by atoms with Gasteiger partial charge in [0.25, 0.3) is 0 Å². The number of nitrogens with one attached hydrogen (secondary N) is 1. The summed E-state index contributed by atoms with van der Waals surface area (Å²) in [5, 5.41) is 8.63. The van der Waals surface area contributed by atoms with Gasteiger partial charge in [-0.15, -0.1) is 0 Å². The third-order valence-electron chi connectivity index (χ3n) is 2.42. The van der Waals surface area contributed by atoms with Crippen LogP contribution in [-0.2, 0) is 16.6 Å². The summed E-state index contributed by atoms with van der Waals surface area (Å²) < 4.78 is 26.7. The predicted octanol–water partition coefficient (Wildman–Crippen LogP) is -0.306. The van der Waals surface area contributed by atoms with E-state index < -0.39 is 10.0 Å². The quantitative estimate of drug-likeness (QED) is 0.751. The van der Waals surface area contributed by atoms with Gasteiger partial charge in [0.1, 0.15) is 17.8 Å². The second-order valence-corrected chi connectivity index (χ2v) is 5.66. The largest absolute Gasteiger partial charge is 0.384 e. The molecule has 0 saturated carbocycles. The molecule has 2 aromatic rings. The van der Waals surface area contributed by atoms with Gasteiger partial charge < -0.3 is 5.11 Å². The van der Waals surface area contributed by atoms with E-state index in [0.717, 1.165) is 0 Å². The van der Waals surface area contributed by atoms with Crippen LogP contribution in [0.3, 0.4) is 0 Å². The van der Waals surface area contributed by atoms with Crippen molar-refractivity contribution in [1.82, 2.24) is 19.7 Å². The first-order valence-electron chi connectivity index (χ1n) is 5.91. The number of pyridine rings is 1. The van der Waals surface area contributed by atoms with Crippen molar-refractivity contribution >= 4 is 10.0 Å². The highest BCUT2D eigenvalue weighted by molar-refractivity contribution is 7.89. The molecule has 2 N–H and O–H groups in total. The molecule has 0 aliphatic heterocycles. The van der Waals surface area contributed by atoms with Gasteiger partial charge in [0.05, 0.1) is 12.2 Å². The minimum absolute atomic E-state index is 0.00120. The SMILES string of the molecule is O=S(=O)(NCc1ccncn1)c1cncc(C#CCO)c1. The topological polar surface area (TPSA) is 105 Å². The van der Waals surface area contributed by atoms with Crippen molar-refractivity contribution in [3.63, 3.8) is 0 Å². The van der Waals surface area contributed by atoms with Crippen molar-refractivity contribution in [3.8, 4) is 11.8 Å². The summed E-state index contributed by atoms with van der Waals surface area (Å²) in [5.41, 5.74) is 0.965. The summed E-state index contributed by atoms with van der Waals surface area (Å²) in [6, 6.07) is 3.00. The average Bonchev–Trinajstić information content (AvgIpc) is 2.52. The van der Waals surface area contributed by atoms with E-state index in [-0.39, 0.29) is 18.0 Å². The van der Waals surface area contributed by atoms with E-state index in [2.05, 4.69) is 31.5 Å². The molecule has 0 unspecified atom stereocenters. The van der Waals surface area contributed by atoms with Crippen molar-refractivity contribution in [2.24, 2.45) is 0 Å². The smallest absolute Gasteiger partial charge is 0.242 e. The first-order valence-corrected chi connectivity index (χ1v) is 7.39. The van der Waals surface area contributed by atoms with Crippen molar-refractivity contribution in [2.75, 3.05) is 6.61 Å². The van der Waals surface area contributed by atoms with Crippen LogP contribution in [0.25, 0.3) is 0 Å². The van der Waals surface area contributed by atoms with Crippen LogP contribution in [-0.4, -0.2) is 35.1 Å². The Kier molecular flexibility index (Phi) is 4.94. The number of nitrogens with zero attached hydrogens (tertiary/aromatic N) is 3. The van der Waals surface area contributed by atoms with E-state index in [1.54, 1.807) is 6.07 Å². The Bertz CT molecular complexity index is 767. The average molecular weight is 304 g/mol. The van der Waals surface area contributed by atoms with E-state index in [1.165, 1.54) is 31.0 Å². The summed E-state index contributed by atoms with van der Waals surface area (Å²) in [4.78, 5) is 11.5. The van der Waals surface area contributed by atoms with Crippen molar-refractivity contribution in [1.29, 1.82) is 0 Å². The Morgan fingerprint density at radius 2 is 2.14 bits per heavy atom. The lowest BCUT2D eigenvalue weighted by Crippen LogP contribution is -2.24. The van der Waals surface area contributed by atoms with E-state index in [4.69, 9.17) is 5.11 Å². The molecule has 0 aromatic carbocycles. The van der Waals surface area contributed by atoms with E-state index in [1.807, 2.05) is 0 Å². The predicted molar refractivity (Wildman–Crippen MR) is 74.3 cm³/mol. The van der Waals surface area contributed by atoms with Gasteiger partial charge in [-0.05, 0) is 12.1 Å². The minimum Gasteiger partial charge on any atom is -0.384 e. The second kappa shape index (κ2) is 6.90. The van der Waals surface area contributed by atoms with E-state index in [0.29, 0.717) is 11.3 Å². The monoisotopic (exact) mass is 304 g/mol. The van der Waals surface area contributed by atoms with Crippen LogP contribution in [0.1, 0.15) is 11.3 Å². The maximum atomic E-state index is 12.1. The fourth-order valence-corrected chi connectivity index (χ4v) is 2.44. The Hall–Kier alpha value is -2.34. The van der Waals surface area contributed by atoms with Crippen LogP contribution >= 0.6 is 0 Å². The van der Waals surface area contributed by atoms with Crippen LogP contribution in [0.5, 0.6) is 0 Å². The van der Waals surface area contributed by atoms with Gasteiger partial charge in [-0.2, -0.15) is 0 Å². The Balaban J connectivity index is 2.16. The maximum absolute atomic E-state index is 12.1. The standard InChI is InChI=1S/C13H12N4O3S/c18-5-1-2-11-6-13(9-15-7-11)21(19,20)17-8-12-3-4-14-10-16-12/h3-4,6-7,9-10,17-18H,5,8H2. The van der Waals surface area contributed by atoms with Crippen LogP contribution in [0.2, 0.25) is 0 Å². The lowest BCUT2D eigenvalue weighted by Gasteiger charge is -2.06. The maximum Gasteiger partial charge on any atom is 0.242 e. The molecular formula is C13H12N4O3S. The number of hydrogen-bond acceptors (Lipinski definition) is 6. The third-order valence-corrected chi connectivity index (χ3v) is 3.79. The molecule has 8 heteroatoms. The third kappa shape index (κ3) is 4.32. The molecule has 0 bridgehead atoms. The molecular weight excluding hydrogens is 292 g/mol. The highest BCUT2D eigenvalue weighted by Crippen LogP contribution is 2.09. The molecule has 21 heavy (non-hydrogen) atoms. The summed E-state index contributed by atoms with van der Waals surface area (Å²) >= 11 is 0. The van der Waals surface area contributed by atoms with Crippen LogP contribution in [0.15, 0.2) is 41.9 Å². The first-order chi connectivity index (χ1) is 10.1. The molecule has 0 spiro atoms. The molecule has 0 atom stereocenters. The van der Waals surface area contributed by atoms with Gasteiger partial charge in [-0.3, -0.25) is 4.98 Å². The normalized spacial score (nSPS) is 10.7. The Morgan fingerprint density at radius 1 is 1.29 bits per heavy atom. The highest BCUT2D eigenvalue weighted by atomic mass is 32.2. The zero-order valence-corrected chi connectivity index (χ0v) is 11.7. The molecule has 0 saturated heterocycles. The highest BCUT2D eigenvalue weighted by Gasteiger charge is 2.14. The van der Waals surface area contributed by atoms with Gasteiger partial charge in [-0.1, -0.05) is 11.8 Å². The summed E-state index contributed by atoms with van der Waals surface area (Å²) in [6.07, 6.45) is 5.53. The molecule has 7 nitrogen and oxygen atoms in total. The molecule has 2 rings (SSSR count). The summed E-state index contributed by atoms with van der Waals surface area (Å²) in [5.74, 6) is 5.04. The van der Waals surface area contributed by atoms with Gasteiger partial charge in [0.2, 0.25) is 10.0 Å². The number of aliphatic hydroxyl groups is 1. The lowest BCUT2D eigenvalue weighted by atomic mass is 10.3. The molecule has 2 heterocycles. The summed E-state index contributed by atoms with van der Waals surface area (Å²) in [6.45, 7) is -0.250. The van der Waals surface area contributed by atoms with Gasteiger partial charge in [0, 0.05) is 24.2 Å². The minimum atomic E-state index is -3.71. The first kappa shape index (κ1) is 15.1. The van der Waals surface area contributed by atoms with E-state index >= 15 is 0 Å². The van der Waals surface area contributed by atoms with Gasteiger partial charge in [0.15, 0.2) is 0 Å². The fraction of sp³-hybridized carbons (Fsp3) is 0.154. The number of aliphatic hydroxyl groups excluding tert-OH is 1. The zero-order chi connectivity index (χ0) is 15.1. The Morgan fingerprint density at radius 3 is 2.86 bits per heavy atom. The number of hydrogen-bond donors (Lipinski definition) is 2. The van der Waals surface area contributed by atoms with Crippen molar-refractivity contribution < 1.29 is 13.5 Å². The van der Waals surface area contributed by atoms with Gasteiger partial charge in [-0.25, -0.2) is 23.1 Å². The molecule has 0 fully saturated rings. The number of aromatic nitrogens is 3. The van der Waals surface area contributed by atoms with Crippen LogP contribution in [0.4, 0.5) is 0 Å². The molecule has 108 valence electrons. The lowest BCUT2D eigenvalue weighted by molar-refractivity contribution is 0.350. The number of sulfonamides is 1. The van der Waals surface area contributed by atoms with Crippen LogP contribution < -0.4 is 4.72 Å². The summed E-state index contributed by atoms with van der Waals surface area (Å²) in [7, 11) is -3.71. The van der Waals surface area contributed by atoms with Crippen molar-refractivity contribution in [2.45, 2.75) is 11.4 Å². The molecule has 0 amide bonds. The van der Waals surface area contributed by atoms with Gasteiger partial charge >= 0.3 is 0 Å². The molecule has 2 aromatic heterocycles. The Labute approximate surface area is 122 Å². The number of rotatable bonds is 4. The zero-order valence-electron chi connectivity index (χ0n) is 10.9. The molecule has 0 aliphatic rings. The molecule has 0 radical (unpaired) electrons. The van der Waals surface area contributed by atoms with Crippen LogP contribution in [0, 0.1) is 11.8 Å². The second-order valence-electron chi connectivity index (χ2n) is 3.89. The molecule has 0 aliphatic carbocycles. The van der Waals surface area contributed by atoms with Crippen molar-refractivity contribution in [3.05, 3.63) is 48.3 Å². The van der Waals surface area contributed by atoms with E-state index in [9.17, 15) is 8.42 Å². The fourth-order valence-electron chi connectivity index (χ4n) is 1.45.